The van der Waals surface area contributed by atoms with Gasteiger partial charge in [-0.05, 0) is 56.7 Å². The number of hydrogen-bond acceptors (Lipinski definition) is 3. The van der Waals surface area contributed by atoms with Gasteiger partial charge in [0.05, 0.1) is 16.9 Å². The molecule has 10 heteroatoms. The molecule has 0 unspecified atom stereocenters. The van der Waals surface area contributed by atoms with E-state index in [2.05, 4.69) is 15.7 Å². The van der Waals surface area contributed by atoms with Gasteiger partial charge in [-0.1, -0.05) is 23.7 Å². The maximum Gasteiger partial charge on any atom is 0.435 e. The Hall–Kier alpha value is -3.33. The number of nitrogens with zero attached hydrogens (tertiary/aromatic N) is 2. The Morgan fingerprint density at radius 2 is 1.72 bits per heavy atom. The van der Waals surface area contributed by atoms with Gasteiger partial charge < -0.3 is 10.6 Å². The van der Waals surface area contributed by atoms with Crippen molar-refractivity contribution >= 4 is 29.1 Å². The van der Waals surface area contributed by atoms with Crippen LogP contribution in [-0.4, -0.2) is 27.6 Å². The average molecular weight is 465 g/mol. The Labute approximate surface area is 187 Å². The number of para-hydroxylation sites is 1. The second-order valence-corrected chi connectivity index (χ2v) is 7.82. The Kier molecular flexibility index (Phi) is 6.59. The van der Waals surface area contributed by atoms with Crippen molar-refractivity contribution < 1.29 is 22.8 Å². The van der Waals surface area contributed by atoms with E-state index in [1.54, 1.807) is 32.9 Å². The maximum atomic E-state index is 13.3. The molecule has 0 aliphatic rings. The number of hydrogen-bond donors (Lipinski definition) is 2. The third-order valence-electron chi connectivity index (χ3n) is 4.48. The Balaban J connectivity index is 2.05. The van der Waals surface area contributed by atoms with Crippen molar-refractivity contribution in [3.05, 3.63) is 76.1 Å². The van der Waals surface area contributed by atoms with Crippen LogP contribution in [0.5, 0.6) is 0 Å². The van der Waals surface area contributed by atoms with E-state index in [9.17, 15) is 22.8 Å². The summed E-state index contributed by atoms with van der Waals surface area (Å²) in [5, 5.41) is 9.27. The molecule has 3 aromatic rings. The first-order valence-corrected chi connectivity index (χ1v) is 10.00. The van der Waals surface area contributed by atoms with Gasteiger partial charge in [-0.3, -0.25) is 9.59 Å². The molecule has 0 spiro atoms. The molecule has 0 radical (unpaired) electrons. The third kappa shape index (κ3) is 5.11. The zero-order valence-electron chi connectivity index (χ0n) is 17.4. The number of amides is 2. The molecular weight excluding hydrogens is 445 g/mol. The maximum absolute atomic E-state index is 13.3. The smallest absolute Gasteiger partial charge is 0.350 e. The predicted octanol–water partition coefficient (Wildman–Crippen LogP) is 5.24. The molecule has 0 saturated heterocycles. The number of rotatable bonds is 5. The van der Waals surface area contributed by atoms with E-state index in [-0.39, 0.29) is 28.7 Å². The zero-order chi connectivity index (χ0) is 23.6. The molecule has 32 heavy (non-hydrogen) atoms. The third-order valence-corrected chi connectivity index (χ3v) is 4.73. The van der Waals surface area contributed by atoms with Crippen LogP contribution in [-0.2, 0) is 6.18 Å². The number of aromatic nitrogens is 2. The fourth-order valence-corrected chi connectivity index (χ4v) is 3.13. The Bertz CT molecular complexity index is 1150. The monoisotopic (exact) mass is 464 g/mol. The number of carbonyl (C=O) groups is 2. The molecule has 1 heterocycles. The number of anilines is 1. The Morgan fingerprint density at radius 3 is 2.31 bits per heavy atom. The zero-order valence-corrected chi connectivity index (χ0v) is 18.2. The highest BCUT2D eigenvalue weighted by Gasteiger charge is 2.36. The molecule has 0 aliphatic carbocycles. The molecule has 0 saturated carbocycles. The highest BCUT2D eigenvalue weighted by molar-refractivity contribution is 6.30. The largest absolute Gasteiger partial charge is 0.435 e. The lowest BCUT2D eigenvalue weighted by Crippen LogP contribution is -2.31. The molecule has 3 rings (SSSR count). The molecule has 1 aromatic heterocycles. The van der Waals surface area contributed by atoms with Gasteiger partial charge in [0, 0.05) is 17.1 Å². The van der Waals surface area contributed by atoms with Gasteiger partial charge in [-0.25, -0.2) is 4.68 Å². The molecule has 2 amide bonds. The van der Waals surface area contributed by atoms with Crippen molar-refractivity contribution in [2.75, 3.05) is 5.32 Å². The fourth-order valence-electron chi connectivity index (χ4n) is 3.00. The summed E-state index contributed by atoms with van der Waals surface area (Å²) in [5.74, 6) is -1.27. The van der Waals surface area contributed by atoms with Crippen LogP contribution < -0.4 is 10.6 Å². The SMILES string of the molecule is Cc1cccc(C(=O)NC(C)C)c1NC(=O)c1cc(C(F)(F)F)nn1-c1ccc(Cl)cc1. The number of carbonyl (C=O) groups excluding carboxylic acids is 2. The van der Waals surface area contributed by atoms with E-state index in [0.717, 1.165) is 4.68 Å². The molecule has 0 aliphatic heterocycles. The van der Waals surface area contributed by atoms with Gasteiger partial charge in [-0.15, -0.1) is 0 Å². The van der Waals surface area contributed by atoms with E-state index in [0.29, 0.717) is 16.7 Å². The summed E-state index contributed by atoms with van der Waals surface area (Å²) in [6, 6.07) is 11.2. The van der Waals surface area contributed by atoms with E-state index in [1.807, 2.05) is 0 Å². The lowest BCUT2D eigenvalue weighted by atomic mass is 10.1. The molecule has 0 fully saturated rings. The second kappa shape index (κ2) is 9.04. The number of aryl methyl sites for hydroxylation is 1. The first-order valence-electron chi connectivity index (χ1n) is 9.62. The average Bonchev–Trinajstić information content (AvgIpc) is 3.15. The summed E-state index contributed by atoms with van der Waals surface area (Å²) in [6.07, 6.45) is -4.75. The Morgan fingerprint density at radius 1 is 1.06 bits per heavy atom. The predicted molar refractivity (Wildman–Crippen MR) is 115 cm³/mol. The summed E-state index contributed by atoms with van der Waals surface area (Å²) in [7, 11) is 0. The van der Waals surface area contributed by atoms with Crippen LogP contribution in [0.1, 0.15) is 46.0 Å². The first-order chi connectivity index (χ1) is 15.0. The lowest BCUT2D eigenvalue weighted by Gasteiger charge is -2.16. The van der Waals surface area contributed by atoms with Crippen molar-refractivity contribution in [1.82, 2.24) is 15.1 Å². The van der Waals surface area contributed by atoms with Crippen LogP contribution in [0.25, 0.3) is 5.69 Å². The second-order valence-electron chi connectivity index (χ2n) is 7.38. The van der Waals surface area contributed by atoms with Crippen molar-refractivity contribution in [3.8, 4) is 5.69 Å². The molecule has 168 valence electrons. The van der Waals surface area contributed by atoms with Crippen molar-refractivity contribution in [2.24, 2.45) is 0 Å². The first kappa shape index (κ1) is 23.3. The summed E-state index contributed by atoms with van der Waals surface area (Å²) >= 11 is 5.86. The highest BCUT2D eigenvalue weighted by Crippen LogP contribution is 2.30. The van der Waals surface area contributed by atoms with Crippen LogP contribution in [0.2, 0.25) is 5.02 Å². The van der Waals surface area contributed by atoms with Gasteiger partial charge >= 0.3 is 6.18 Å². The summed E-state index contributed by atoms with van der Waals surface area (Å²) in [5.41, 5.74) is -0.382. The summed E-state index contributed by atoms with van der Waals surface area (Å²) in [4.78, 5) is 25.6. The topological polar surface area (TPSA) is 76.0 Å². The number of alkyl halides is 3. The van der Waals surface area contributed by atoms with Gasteiger partial charge in [0.25, 0.3) is 11.8 Å². The van der Waals surface area contributed by atoms with Crippen molar-refractivity contribution in [2.45, 2.75) is 33.0 Å². The normalized spacial score (nSPS) is 11.5. The minimum atomic E-state index is -4.75. The molecule has 0 atom stereocenters. The van der Waals surface area contributed by atoms with Crippen LogP contribution in [0, 0.1) is 6.92 Å². The van der Waals surface area contributed by atoms with Crippen molar-refractivity contribution in [3.63, 3.8) is 0 Å². The quantitative estimate of drug-likeness (QED) is 0.542. The van der Waals surface area contributed by atoms with Crippen LogP contribution in [0.15, 0.2) is 48.5 Å². The van der Waals surface area contributed by atoms with E-state index >= 15 is 0 Å². The molecular formula is C22H20ClF3N4O2. The fraction of sp³-hybridized carbons (Fsp3) is 0.227. The number of nitrogens with one attached hydrogen (secondary N) is 2. The molecule has 2 N–H and O–H groups in total. The van der Waals surface area contributed by atoms with Crippen LogP contribution in [0.3, 0.4) is 0 Å². The number of benzene rings is 2. The minimum absolute atomic E-state index is 0.146. The van der Waals surface area contributed by atoms with Crippen molar-refractivity contribution in [1.29, 1.82) is 0 Å². The van der Waals surface area contributed by atoms with Crippen LogP contribution in [0.4, 0.5) is 18.9 Å². The minimum Gasteiger partial charge on any atom is -0.350 e. The molecule has 6 nitrogen and oxygen atoms in total. The lowest BCUT2D eigenvalue weighted by molar-refractivity contribution is -0.141. The summed E-state index contributed by atoms with van der Waals surface area (Å²) < 4.78 is 40.9. The molecule has 0 bridgehead atoms. The summed E-state index contributed by atoms with van der Waals surface area (Å²) in [6.45, 7) is 5.25. The van der Waals surface area contributed by atoms with E-state index < -0.39 is 23.7 Å². The van der Waals surface area contributed by atoms with Gasteiger partial charge in [0.2, 0.25) is 0 Å². The van der Waals surface area contributed by atoms with Gasteiger partial charge in [-0.2, -0.15) is 18.3 Å². The molecule has 2 aromatic carbocycles. The van der Waals surface area contributed by atoms with E-state index in [4.69, 9.17) is 11.6 Å². The number of halogens is 4. The van der Waals surface area contributed by atoms with Crippen LogP contribution >= 0.6 is 11.6 Å². The van der Waals surface area contributed by atoms with Gasteiger partial charge in [0.1, 0.15) is 5.69 Å². The van der Waals surface area contributed by atoms with E-state index in [1.165, 1.54) is 30.3 Å². The van der Waals surface area contributed by atoms with Gasteiger partial charge in [0.15, 0.2) is 5.69 Å². The standard InChI is InChI=1S/C22H20ClF3N4O2/c1-12(2)27-20(31)16-6-4-5-13(3)19(16)28-21(32)17-11-18(22(24,25)26)29-30(17)15-9-7-14(23)8-10-15/h4-12H,1-3H3,(H,27,31)(H,28,32). The highest BCUT2D eigenvalue weighted by atomic mass is 35.5.